The second kappa shape index (κ2) is 10.9. The fourth-order valence-corrected chi connectivity index (χ4v) is 5.20. The molecule has 0 unspecified atom stereocenters. The van der Waals surface area contributed by atoms with Crippen molar-refractivity contribution >= 4 is 34.8 Å². The summed E-state index contributed by atoms with van der Waals surface area (Å²) in [5, 5.41) is 21.2. The van der Waals surface area contributed by atoms with Crippen molar-refractivity contribution in [2.75, 3.05) is 23.0 Å². The van der Waals surface area contributed by atoms with Crippen LogP contribution in [0.1, 0.15) is 56.6 Å². The van der Waals surface area contributed by atoms with E-state index in [9.17, 15) is 14.7 Å². The van der Waals surface area contributed by atoms with Gasteiger partial charge in [-0.2, -0.15) is 0 Å². The van der Waals surface area contributed by atoms with Gasteiger partial charge in [0.15, 0.2) is 5.60 Å². The Morgan fingerprint density at radius 3 is 2.71 bits per heavy atom. The minimum Gasteiger partial charge on any atom is -0.396 e. The van der Waals surface area contributed by atoms with Crippen molar-refractivity contribution in [3.8, 4) is 0 Å². The van der Waals surface area contributed by atoms with Gasteiger partial charge in [0.25, 0.3) is 5.91 Å². The molecule has 186 valence electrons. The molecule has 2 aromatic rings. The van der Waals surface area contributed by atoms with E-state index in [1.165, 1.54) is 0 Å². The van der Waals surface area contributed by atoms with Crippen LogP contribution in [0.25, 0.3) is 0 Å². The molecule has 2 aliphatic heterocycles. The van der Waals surface area contributed by atoms with E-state index in [-0.39, 0.29) is 19.1 Å². The van der Waals surface area contributed by atoms with E-state index in [0.29, 0.717) is 35.7 Å². The van der Waals surface area contributed by atoms with Crippen molar-refractivity contribution in [3.05, 3.63) is 70.8 Å². The van der Waals surface area contributed by atoms with Crippen LogP contribution in [0, 0.1) is 5.92 Å². The van der Waals surface area contributed by atoms with Gasteiger partial charge in [0.05, 0.1) is 12.2 Å². The molecule has 0 bridgehead atoms. The number of aliphatic hydroxyl groups excluding tert-OH is 1. The smallest absolute Gasteiger partial charge is 0.264 e. The van der Waals surface area contributed by atoms with E-state index in [2.05, 4.69) is 0 Å². The predicted octanol–water partition coefficient (Wildman–Crippen LogP) is 4.95. The van der Waals surface area contributed by atoms with Crippen molar-refractivity contribution in [3.63, 3.8) is 0 Å². The average molecular weight is 497 g/mol. The summed E-state index contributed by atoms with van der Waals surface area (Å²) < 4.78 is 0. The van der Waals surface area contributed by atoms with Crippen molar-refractivity contribution in [1.82, 2.24) is 0 Å². The number of benzene rings is 2. The van der Waals surface area contributed by atoms with Crippen LogP contribution in [0.3, 0.4) is 0 Å². The molecular formula is C28H33ClN2O4. The van der Waals surface area contributed by atoms with Gasteiger partial charge >= 0.3 is 0 Å². The summed E-state index contributed by atoms with van der Waals surface area (Å²) in [4.78, 5) is 29.9. The third-order valence-electron chi connectivity index (χ3n) is 7.00. The number of hydrogen-bond donors (Lipinski definition) is 2. The summed E-state index contributed by atoms with van der Waals surface area (Å²) in [7, 11) is 0. The maximum atomic E-state index is 13.7. The Hall–Kier alpha value is -2.67. The van der Waals surface area contributed by atoms with Crippen molar-refractivity contribution in [2.45, 2.75) is 57.6 Å². The summed E-state index contributed by atoms with van der Waals surface area (Å²) in [5.74, 6) is -0.797. The molecule has 7 heteroatoms. The van der Waals surface area contributed by atoms with Crippen LogP contribution < -0.4 is 9.80 Å². The average Bonchev–Trinajstić information content (AvgIpc) is 3.04. The van der Waals surface area contributed by atoms with Crippen molar-refractivity contribution in [2.24, 2.45) is 5.92 Å². The first kappa shape index (κ1) is 25.4. The first-order valence-corrected chi connectivity index (χ1v) is 12.7. The Bertz CT molecular complexity index is 1120. The summed E-state index contributed by atoms with van der Waals surface area (Å²) >= 11 is 6.25. The van der Waals surface area contributed by atoms with E-state index in [1.54, 1.807) is 42.2 Å². The summed E-state index contributed by atoms with van der Waals surface area (Å²) in [6, 6.07) is 12.9. The van der Waals surface area contributed by atoms with Crippen LogP contribution in [0.5, 0.6) is 0 Å². The first-order chi connectivity index (χ1) is 16.9. The van der Waals surface area contributed by atoms with Crippen LogP contribution in [0.15, 0.2) is 54.6 Å². The lowest BCUT2D eigenvalue weighted by molar-refractivity contribution is -0.139. The highest BCUT2D eigenvalue weighted by atomic mass is 35.5. The van der Waals surface area contributed by atoms with Gasteiger partial charge in [-0.25, -0.2) is 0 Å². The quantitative estimate of drug-likeness (QED) is 0.532. The van der Waals surface area contributed by atoms with Gasteiger partial charge in [0.1, 0.15) is 0 Å². The molecule has 2 heterocycles. The van der Waals surface area contributed by atoms with Crippen LogP contribution in [0.4, 0.5) is 11.4 Å². The summed E-state index contributed by atoms with van der Waals surface area (Å²) in [6.45, 7) is 2.75. The number of hydrogen-bond acceptors (Lipinski definition) is 4. The largest absolute Gasteiger partial charge is 0.396 e. The Morgan fingerprint density at radius 1 is 1.11 bits per heavy atom. The van der Waals surface area contributed by atoms with E-state index in [0.717, 1.165) is 36.9 Å². The number of fused-ring (bicyclic) bond motifs is 1. The van der Waals surface area contributed by atoms with Gasteiger partial charge in [0.2, 0.25) is 5.91 Å². The fourth-order valence-electron chi connectivity index (χ4n) is 5.03. The monoisotopic (exact) mass is 496 g/mol. The molecule has 2 N–H and O–H groups in total. The van der Waals surface area contributed by atoms with Gasteiger partial charge in [-0.1, -0.05) is 55.7 Å². The molecule has 0 aliphatic carbocycles. The Kier molecular flexibility index (Phi) is 7.95. The second-order valence-corrected chi connectivity index (χ2v) is 9.86. The molecule has 2 atom stereocenters. The van der Waals surface area contributed by atoms with Crippen LogP contribution in [-0.4, -0.2) is 35.2 Å². The maximum absolute atomic E-state index is 13.7. The van der Waals surface area contributed by atoms with E-state index < -0.39 is 17.4 Å². The molecular weight excluding hydrogens is 464 g/mol. The van der Waals surface area contributed by atoms with Gasteiger partial charge in [-0.15, -0.1) is 0 Å². The molecule has 2 aromatic carbocycles. The minimum absolute atomic E-state index is 0.00000372. The first-order valence-electron chi connectivity index (χ1n) is 12.4. The Labute approximate surface area is 211 Å². The Morgan fingerprint density at radius 2 is 1.91 bits per heavy atom. The summed E-state index contributed by atoms with van der Waals surface area (Å²) in [6.07, 6.45) is 8.64. The fraction of sp³-hybridized carbons (Fsp3) is 0.429. The number of carbonyl (C=O) groups excluding carboxylic acids is 2. The Balaban J connectivity index is 1.64. The number of carbonyl (C=O) groups is 2. The van der Waals surface area contributed by atoms with Gasteiger partial charge in [0, 0.05) is 41.8 Å². The molecule has 0 aromatic heterocycles. The SMILES string of the molecule is C[C@H](/C=C/CCO)[C@@]1(O)C(=O)N(Cc2cccc(N3CCCCCCC3=O)c2)c2ccc(Cl)cc21. The lowest BCUT2D eigenvalue weighted by Gasteiger charge is -2.28. The van der Waals surface area contributed by atoms with Crippen LogP contribution in [0.2, 0.25) is 5.02 Å². The highest BCUT2D eigenvalue weighted by Gasteiger charge is 2.52. The zero-order valence-electron chi connectivity index (χ0n) is 20.1. The molecule has 1 fully saturated rings. The van der Waals surface area contributed by atoms with E-state index in [4.69, 9.17) is 16.7 Å². The van der Waals surface area contributed by atoms with Gasteiger partial charge in [-0.3, -0.25) is 9.59 Å². The molecule has 4 rings (SSSR count). The number of aliphatic hydroxyl groups is 2. The predicted molar refractivity (Wildman–Crippen MR) is 138 cm³/mol. The highest BCUT2D eigenvalue weighted by molar-refractivity contribution is 6.31. The highest BCUT2D eigenvalue weighted by Crippen LogP contribution is 2.46. The lowest BCUT2D eigenvalue weighted by Crippen LogP contribution is -2.44. The molecule has 6 nitrogen and oxygen atoms in total. The van der Waals surface area contributed by atoms with Crippen LogP contribution >= 0.6 is 11.6 Å². The maximum Gasteiger partial charge on any atom is 0.264 e. The second-order valence-electron chi connectivity index (χ2n) is 9.43. The van der Waals surface area contributed by atoms with Gasteiger partial charge < -0.3 is 20.0 Å². The van der Waals surface area contributed by atoms with Crippen LogP contribution in [-0.2, 0) is 21.7 Å². The number of rotatable bonds is 7. The number of anilines is 2. The standard InChI is InChI=1S/C28H33ClN2O4/c1-20(9-5-7-16-32)28(35)24-18-22(29)13-14-25(24)31(27(28)34)19-21-10-8-11-23(17-21)30-15-6-3-2-4-12-26(30)33/h5,8-11,13-14,17-18,20,32,35H,2-4,6-7,12,15-16,19H2,1H3/b9-5+/t20-,28+/m1/s1. The molecule has 2 amide bonds. The van der Waals surface area contributed by atoms with E-state index >= 15 is 0 Å². The number of halogens is 1. The molecule has 1 saturated heterocycles. The molecule has 0 spiro atoms. The zero-order chi connectivity index (χ0) is 25.0. The molecule has 2 aliphatic rings. The summed E-state index contributed by atoms with van der Waals surface area (Å²) in [5.41, 5.74) is 1.05. The number of amides is 2. The molecule has 0 saturated carbocycles. The zero-order valence-corrected chi connectivity index (χ0v) is 20.9. The topological polar surface area (TPSA) is 81.1 Å². The third-order valence-corrected chi connectivity index (χ3v) is 7.23. The minimum atomic E-state index is -1.76. The normalized spacial score (nSPS) is 21.8. The van der Waals surface area contributed by atoms with Crippen molar-refractivity contribution in [1.29, 1.82) is 0 Å². The lowest BCUT2D eigenvalue weighted by atomic mass is 9.83. The third kappa shape index (κ3) is 5.15. The van der Waals surface area contributed by atoms with Gasteiger partial charge in [-0.05, 0) is 55.2 Å². The molecule has 0 radical (unpaired) electrons. The number of nitrogens with zero attached hydrogens (tertiary/aromatic N) is 2. The van der Waals surface area contributed by atoms with E-state index in [1.807, 2.05) is 29.2 Å². The molecule has 35 heavy (non-hydrogen) atoms. The van der Waals surface area contributed by atoms with Crippen molar-refractivity contribution < 1.29 is 19.8 Å².